The first kappa shape index (κ1) is 12.5. The fourth-order valence-corrected chi connectivity index (χ4v) is 2.98. The molecule has 6 heteroatoms. The van der Waals surface area contributed by atoms with Gasteiger partial charge in [-0.2, -0.15) is 0 Å². The number of rotatable bonds is 2. The number of hydrogen-bond donors (Lipinski definition) is 1. The first-order chi connectivity index (χ1) is 8.41. The van der Waals surface area contributed by atoms with Crippen molar-refractivity contribution in [1.29, 1.82) is 0 Å². The van der Waals surface area contributed by atoms with E-state index >= 15 is 0 Å². The van der Waals surface area contributed by atoms with Crippen LogP contribution < -0.4 is 5.69 Å². The lowest BCUT2D eigenvalue weighted by atomic mass is 10.2. The number of hydrogen-bond acceptors (Lipinski definition) is 4. The van der Waals surface area contributed by atoms with E-state index < -0.39 is 15.5 Å². The largest absolute Gasteiger partial charge is 0.345 e. The summed E-state index contributed by atoms with van der Waals surface area (Å²) in [5.41, 5.74) is 0.705. The quantitative estimate of drug-likeness (QED) is 0.884. The van der Waals surface area contributed by atoms with Gasteiger partial charge in [0.05, 0.1) is 11.1 Å². The van der Waals surface area contributed by atoms with E-state index in [2.05, 4.69) is 9.97 Å². The third-order valence-corrected chi connectivity index (χ3v) is 4.47. The number of aryl methyl sites for hydroxylation is 2. The molecule has 0 radical (unpaired) electrons. The lowest BCUT2D eigenvalue weighted by Gasteiger charge is -2.06. The summed E-state index contributed by atoms with van der Waals surface area (Å²) in [5, 5.41) is 0. The van der Waals surface area contributed by atoms with Crippen molar-refractivity contribution < 1.29 is 8.42 Å². The van der Waals surface area contributed by atoms with Crippen LogP contribution in [0.5, 0.6) is 0 Å². The number of nitrogens with zero attached hydrogens (tertiary/aromatic N) is 1. The minimum Gasteiger partial charge on any atom is -0.309 e. The third-order valence-electron chi connectivity index (χ3n) is 2.58. The highest BCUT2D eigenvalue weighted by atomic mass is 32.2. The molecule has 1 heterocycles. The van der Waals surface area contributed by atoms with E-state index in [1.54, 1.807) is 12.1 Å². The molecule has 0 aliphatic rings. The molecule has 5 nitrogen and oxygen atoms in total. The van der Waals surface area contributed by atoms with Crippen LogP contribution in [-0.4, -0.2) is 18.4 Å². The molecule has 2 rings (SSSR count). The predicted molar refractivity (Wildman–Crippen MR) is 66.2 cm³/mol. The molecule has 0 spiro atoms. The number of benzene rings is 1. The standard InChI is InChI=1S/C12H12N2O3S/c1-8-3-5-10(6-4-8)18(16,17)11-7-13-12(15)14-9(11)2/h3-7H,1-2H3,(H,13,14,15). The van der Waals surface area contributed by atoms with Gasteiger partial charge in [0.2, 0.25) is 9.84 Å². The summed E-state index contributed by atoms with van der Waals surface area (Å²) < 4.78 is 24.6. The third kappa shape index (κ3) is 2.19. The second-order valence-corrected chi connectivity index (χ2v) is 5.91. The van der Waals surface area contributed by atoms with Crippen LogP contribution >= 0.6 is 0 Å². The SMILES string of the molecule is Cc1ccc(S(=O)(=O)c2cnc(=O)[nH]c2C)cc1. The highest BCUT2D eigenvalue weighted by Gasteiger charge is 2.20. The summed E-state index contributed by atoms with van der Waals surface area (Å²) in [5.74, 6) is 0. The number of aromatic nitrogens is 2. The van der Waals surface area contributed by atoms with Gasteiger partial charge in [0.25, 0.3) is 0 Å². The molecule has 1 aromatic heterocycles. The minimum absolute atomic E-state index is 0.0194. The summed E-state index contributed by atoms with van der Waals surface area (Å²) in [6, 6.07) is 6.52. The molecule has 0 atom stereocenters. The van der Waals surface area contributed by atoms with Gasteiger partial charge in [0, 0.05) is 5.69 Å². The predicted octanol–water partition coefficient (Wildman–Crippen LogP) is 1.22. The van der Waals surface area contributed by atoms with E-state index in [1.807, 2.05) is 6.92 Å². The van der Waals surface area contributed by atoms with E-state index in [0.29, 0.717) is 0 Å². The van der Waals surface area contributed by atoms with Crippen molar-refractivity contribution in [2.24, 2.45) is 0 Å². The van der Waals surface area contributed by atoms with Gasteiger partial charge < -0.3 is 4.98 Å². The number of aromatic amines is 1. The molecular formula is C12H12N2O3S. The maximum absolute atomic E-state index is 12.3. The second-order valence-electron chi connectivity index (χ2n) is 3.99. The van der Waals surface area contributed by atoms with Gasteiger partial charge in [0.1, 0.15) is 4.90 Å². The number of nitrogens with one attached hydrogen (secondary N) is 1. The van der Waals surface area contributed by atoms with Crippen LogP contribution in [0, 0.1) is 13.8 Å². The number of H-pyrrole nitrogens is 1. The Morgan fingerprint density at radius 2 is 1.72 bits per heavy atom. The summed E-state index contributed by atoms with van der Waals surface area (Å²) in [6.07, 6.45) is 1.09. The topological polar surface area (TPSA) is 79.9 Å². The molecule has 2 aromatic rings. The maximum atomic E-state index is 12.3. The van der Waals surface area contributed by atoms with Gasteiger partial charge in [-0.05, 0) is 26.0 Å². The normalized spacial score (nSPS) is 11.4. The molecule has 0 saturated carbocycles. The van der Waals surface area contributed by atoms with E-state index in [9.17, 15) is 13.2 Å². The average molecular weight is 264 g/mol. The van der Waals surface area contributed by atoms with E-state index in [1.165, 1.54) is 19.1 Å². The van der Waals surface area contributed by atoms with Crippen molar-refractivity contribution in [1.82, 2.24) is 9.97 Å². The lowest BCUT2D eigenvalue weighted by molar-refractivity contribution is 0.594. The Bertz CT molecular complexity index is 731. The Kier molecular flexibility index (Phi) is 3.04. The van der Waals surface area contributed by atoms with Crippen molar-refractivity contribution in [3.8, 4) is 0 Å². The van der Waals surface area contributed by atoms with Crippen LogP contribution in [0.4, 0.5) is 0 Å². The smallest absolute Gasteiger partial charge is 0.309 e. The van der Waals surface area contributed by atoms with Gasteiger partial charge in [-0.3, -0.25) is 0 Å². The zero-order chi connectivity index (χ0) is 13.3. The molecule has 0 aliphatic carbocycles. The molecular weight excluding hydrogens is 252 g/mol. The van der Waals surface area contributed by atoms with Crippen LogP contribution in [0.2, 0.25) is 0 Å². The Hall–Kier alpha value is -1.95. The fraction of sp³-hybridized carbons (Fsp3) is 0.167. The van der Waals surface area contributed by atoms with Crippen LogP contribution in [0.25, 0.3) is 0 Å². The number of sulfone groups is 1. The molecule has 1 aromatic carbocycles. The average Bonchev–Trinajstić information content (AvgIpc) is 2.29. The highest BCUT2D eigenvalue weighted by Crippen LogP contribution is 2.21. The summed E-state index contributed by atoms with van der Waals surface area (Å²) in [4.78, 5) is 17.0. The molecule has 0 bridgehead atoms. The zero-order valence-electron chi connectivity index (χ0n) is 9.97. The first-order valence-electron chi connectivity index (χ1n) is 5.29. The van der Waals surface area contributed by atoms with E-state index in [0.717, 1.165) is 11.8 Å². The molecule has 0 amide bonds. The molecule has 1 N–H and O–H groups in total. The Morgan fingerprint density at radius 3 is 2.28 bits per heavy atom. The molecule has 0 aliphatic heterocycles. The molecule has 0 saturated heterocycles. The van der Waals surface area contributed by atoms with Crippen LogP contribution in [0.15, 0.2) is 45.0 Å². The second kappa shape index (κ2) is 4.38. The van der Waals surface area contributed by atoms with Gasteiger partial charge in [0.15, 0.2) is 0 Å². The monoisotopic (exact) mass is 264 g/mol. The fourth-order valence-electron chi connectivity index (χ4n) is 1.58. The van der Waals surface area contributed by atoms with Crippen molar-refractivity contribution >= 4 is 9.84 Å². The van der Waals surface area contributed by atoms with E-state index in [4.69, 9.17) is 0 Å². The minimum atomic E-state index is -3.64. The van der Waals surface area contributed by atoms with Crippen molar-refractivity contribution in [2.45, 2.75) is 23.6 Å². The van der Waals surface area contributed by atoms with Gasteiger partial charge >= 0.3 is 5.69 Å². The molecule has 18 heavy (non-hydrogen) atoms. The zero-order valence-corrected chi connectivity index (χ0v) is 10.8. The Balaban J connectivity index is 2.61. The van der Waals surface area contributed by atoms with E-state index in [-0.39, 0.29) is 15.5 Å². The van der Waals surface area contributed by atoms with Crippen LogP contribution in [-0.2, 0) is 9.84 Å². The van der Waals surface area contributed by atoms with Crippen molar-refractivity contribution in [3.63, 3.8) is 0 Å². The van der Waals surface area contributed by atoms with Gasteiger partial charge in [-0.25, -0.2) is 18.2 Å². The van der Waals surface area contributed by atoms with Crippen LogP contribution in [0.1, 0.15) is 11.3 Å². The summed E-state index contributed by atoms with van der Waals surface area (Å²) in [6.45, 7) is 3.41. The van der Waals surface area contributed by atoms with Gasteiger partial charge in [-0.1, -0.05) is 17.7 Å². The van der Waals surface area contributed by atoms with Gasteiger partial charge in [-0.15, -0.1) is 0 Å². The highest BCUT2D eigenvalue weighted by molar-refractivity contribution is 7.91. The van der Waals surface area contributed by atoms with Crippen molar-refractivity contribution in [3.05, 3.63) is 52.2 Å². The molecule has 94 valence electrons. The summed E-state index contributed by atoms with van der Waals surface area (Å²) in [7, 11) is -3.64. The van der Waals surface area contributed by atoms with Crippen molar-refractivity contribution in [2.75, 3.05) is 0 Å². The molecule has 0 fully saturated rings. The Labute approximate surface area is 104 Å². The first-order valence-corrected chi connectivity index (χ1v) is 6.77. The molecule has 0 unspecified atom stereocenters. The lowest BCUT2D eigenvalue weighted by Crippen LogP contribution is -2.15. The van der Waals surface area contributed by atoms with Crippen LogP contribution in [0.3, 0.4) is 0 Å². The Morgan fingerprint density at radius 1 is 1.11 bits per heavy atom. The maximum Gasteiger partial charge on any atom is 0.345 e. The summed E-state index contributed by atoms with van der Waals surface area (Å²) >= 11 is 0.